The number of aryl methyl sites for hydroxylation is 1. The highest BCUT2D eigenvalue weighted by molar-refractivity contribution is 6.15. The molecular weight excluding hydrogens is 484 g/mol. The van der Waals surface area contributed by atoms with Crippen molar-refractivity contribution in [2.24, 2.45) is 4.99 Å². The molecule has 0 N–H and O–H groups in total. The predicted octanol–water partition coefficient (Wildman–Crippen LogP) is 4.39. The minimum atomic E-state index is -3.00. The Hall–Kier alpha value is -3.89. The summed E-state index contributed by atoms with van der Waals surface area (Å²) in [5.74, 6) is 0.288. The molecule has 3 atom stereocenters. The molecular formula is C26H27F2N5O4. The van der Waals surface area contributed by atoms with Crippen LogP contribution in [0.2, 0.25) is 0 Å². The van der Waals surface area contributed by atoms with Gasteiger partial charge in [-0.3, -0.25) is 9.79 Å². The highest BCUT2D eigenvalue weighted by Gasteiger charge is 2.39. The summed E-state index contributed by atoms with van der Waals surface area (Å²) in [5.41, 5.74) is 3.89. The molecule has 0 saturated heterocycles. The van der Waals surface area contributed by atoms with E-state index >= 15 is 0 Å². The highest BCUT2D eigenvalue weighted by Crippen LogP contribution is 2.45. The smallest absolute Gasteiger partial charge is 0.387 e. The molecule has 1 aliphatic heterocycles. The molecule has 0 radical (unpaired) electrons. The number of halogens is 2. The summed E-state index contributed by atoms with van der Waals surface area (Å²) in [4.78, 5) is 18.2. The first-order valence-corrected chi connectivity index (χ1v) is 12.2. The van der Waals surface area contributed by atoms with Crippen LogP contribution in [-0.4, -0.2) is 57.8 Å². The van der Waals surface area contributed by atoms with E-state index in [4.69, 9.17) is 19.2 Å². The molecule has 11 heteroatoms. The zero-order chi connectivity index (χ0) is 26.1. The number of fused-ring (bicyclic) bond motifs is 3. The first-order valence-electron chi connectivity index (χ1n) is 12.2. The molecule has 1 aliphatic carbocycles. The molecule has 194 valence electrons. The van der Waals surface area contributed by atoms with E-state index in [-0.39, 0.29) is 35.5 Å². The molecule has 9 nitrogen and oxygen atoms in total. The Morgan fingerprint density at radius 2 is 1.89 bits per heavy atom. The molecule has 0 amide bonds. The first-order chi connectivity index (χ1) is 17.9. The van der Waals surface area contributed by atoms with Gasteiger partial charge < -0.3 is 14.2 Å². The van der Waals surface area contributed by atoms with E-state index in [0.29, 0.717) is 36.5 Å². The van der Waals surface area contributed by atoms with Crippen LogP contribution in [0.1, 0.15) is 55.7 Å². The third-order valence-electron chi connectivity index (χ3n) is 6.75. The lowest BCUT2D eigenvalue weighted by Crippen LogP contribution is -2.36. The summed E-state index contributed by atoms with van der Waals surface area (Å²) in [6.45, 7) is 0.943. The van der Waals surface area contributed by atoms with E-state index in [1.54, 1.807) is 12.1 Å². The van der Waals surface area contributed by atoms with Crippen LogP contribution in [0, 0.1) is 0 Å². The monoisotopic (exact) mass is 511 g/mol. The molecule has 1 fully saturated rings. The van der Waals surface area contributed by atoms with Crippen LogP contribution < -0.4 is 9.47 Å². The normalized spacial score (nSPS) is 20.6. The number of hydrogen-bond donors (Lipinski definition) is 0. The number of nitrogens with zero attached hydrogens (tertiary/aromatic N) is 5. The number of aliphatic imine (C=N–C) groups is 1. The van der Waals surface area contributed by atoms with Crippen molar-refractivity contribution in [3.8, 4) is 22.9 Å². The van der Waals surface area contributed by atoms with Crippen molar-refractivity contribution in [3.63, 3.8) is 0 Å². The van der Waals surface area contributed by atoms with E-state index in [1.165, 1.54) is 18.8 Å². The summed E-state index contributed by atoms with van der Waals surface area (Å²) < 4.78 is 42.1. The molecule has 0 bridgehead atoms. The maximum absolute atomic E-state index is 13.2. The fourth-order valence-corrected chi connectivity index (χ4v) is 5.12. The van der Waals surface area contributed by atoms with Gasteiger partial charge in [0.15, 0.2) is 11.5 Å². The van der Waals surface area contributed by atoms with Gasteiger partial charge >= 0.3 is 12.6 Å². The number of aromatic nitrogens is 4. The highest BCUT2D eigenvalue weighted by atomic mass is 19.3. The topological polar surface area (TPSA) is 101 Å². The summed E-state index contributed by atoms with van der Waals surface area (Å²) >= 11 is 0. The zero-order valence-electron chi connectivity index (χ0n) is 20.7. The number of tetrazole rings is 1. The number of rotatable bonds is 7. The van der Waals surface area contributed by atoms with Gasteiger partial charge in [0.1, 0.15) is 6.10 Å². The van der Waals surface area contributed by atoms with Crippen molar-refractivity contribution in [3.05, 3.63) is 53.1 Å². The second kappa shape index (κ2) is 10.2. The molecule has 3 unspecified atom stereocenters. The lowest BCUT2D eigenvalue weighted by atomic mass is 9.74. The number of esters is 1. The van der Waals surface area contributed by atoms with Gasteiger partial charge in [-0.25, -0.2) is 0 Å². The van der Waals surface area contributed by atoms with Crippen molar-refractivity contribution in [1.29, 1.82) is 0 Å². The fourth-order valence-electron chi connectivity index (χ4n) is 5.12. The third-order valence-corrected chi connectivity index (χ3v) is 6.75. The van der Waals surface area contributed by atoms with Crippen LogP contribution in [0.25, 0.3) is 11.4 Å². The average molecular weight is 512 g/mol. The van der Waals surface area contributed by atoms with Crippen LogP contribution in [-0.2, 0) is 16.1 Å². The maximum Gasteiger partial charge on any atom is 0.387 e. The SMILES string of the molecule is CCn1nnc(-c2ccc(C3=NC4CCC(OC(C)=O)CC4c4cc(OC)c(OC(F)F)cc43)cc2)n1. The summed E-state index contributed by atoms with van der Waals surface area (Å²) in [5, 5.41) is 12.4. The Kier molecular flexibility index (Phi) is 6.86. The largest absolute Gasteiger partial charge is 0.493 e. The molecule has 2 aliphatic rings. The fraction of sp³-hybridized carbons (Fsp3) is 0.423. The van der Waals surface area contributed by atoms with Gasteiger partial charge in [0.2, 0.25) is 5.82 Å². The van der Waals surface area contributed by atoms with Gasteiger partial charge in [0.25, 0.3) is 0 Å². The molecule has 2 aromatic carbocycles. The van der Waals surface area contributed by atoms with E-state index in [9.17, 15) is 13.6 Å². The van der Waals surface area contributed by atoms with Crippen LogP contribution in [0.15, 0.2) is 41.4 Å². The standard InChI is InChI=1S/C26H27F2N5O4/c1-4-33-31-25(30-32-33)16-7-5-15(6-8-16)24-20-13-23(37-26(27)28)22(35-3)12-18(20)19-11-17(36-14(2)34)9-10-21(19)29-24/h5-8,12-13,17,19,21,26H,4,9-11H2,1-3H3. The Bertz CT molecular complexity index is 1330. The Morgan fingerprint density at radius 3 is 2.54 bits per heavy atom. The molecule has 1 aromatic heterocycles. The van der Waals surface area contributed by atoms with Gasteiger partial charge in [-0.15, -0.1) is 10.2 Å². The van der Waals surface area contributed by atoms with Gasteiger partial charge in [-0.05, 0) is 49.1 Å². The van der Waals surface area contributed by atoms with Crippen molar-refractivity contribution < 1.29 is 27.8 Å². The van der Waals surface area contributed by atoms with Gasteiger partial charge in [0.05, 0.1) is 25.4 Å². The number of benzene rings is 2. The van der Waals surface area contributed by atoms with Crippen LogP contribution in [0.5, 0.6) is 11.5 Å². The zero-order valence-corrected chi connectivity index (χ0v) is 20.7. The van der Waals surface area contributed by atoms with Crippen LogP contribution >= 0.6 is 0 Å². The van der Waals surface area contributed by atoms with E-state index < -0.39 is 6.61 Å². The lowest BCUT2D eigenvalue weighted by molar-refractivity contribution is -0.148. The summed E-state index contributed by atoms with van der Waals surface area (Å²) in [6.07, 6.45) is 1.79. The summed E-state index contributed by atoms with van der Waals surface area (Å²) in [7, 11) is 1.42. The number of carbonyl (C=O) groups is 1. The molecule has 2 heterocycles. The van der Waals surface area contributed by atoms with Crippen LogP contribution in [0.3, 0.4) is 0 Å². The number of ether oxygens (including phenoxy) is 3. The minimum Gasteiger partial charge on any atom is -0.493 e. The molecule has 3 aromatic rings. The second-order valence-corrected chi connectivity index (χ2v) is 9.04. The molecule has 37 heavy (non-hydrogen) atoms. The van der Waals surface area contributed by atoms with Crippen molar-refractivity contribution in [2.75, 3.05) is 7.11 Å². The first kappa shape index (κ1) is 24.8. The summed E-state index contributed by atoms with van der Waals surface area (Å²) in [6, 6.07) is 10.9. The van der Waals surface area contributed by atoms with Crippen LogP contribution in [0.4, 0.5) is 8.78 Å². The average Bonchev–Trinajstić information content (AvgIpc) is 3.37. The minimum absolute atomic E-state index is 0.0494. The number of hydrogen-bond acceptors (Lipinski definition) is 8. The van der Waals surface area contributed by atoms with Crippen molar-refractivity contribution >= 4 is 11.7 Å². The second-order valence-electron chi connectivity index (χ2n) is 9.04. The number of methoxy groups -OCH3 is 1. The van der Waals surface area contributed by atoms with E-state index in [1.807, 2.05) is 31.2 Å². The van der Waals surface area contributed by atoms with Gasteiger partial charge in [-0.2, -0.15) is 13.6 Å². The Balaban J connectivity index is 1.56. The quantitative estimate of drug-likeness (QED) is 0.434. The van der Waals surface area contributed by atoms with E-state index in [2.05, 4.69) is 15.4 Å². The molecule has 1 saturated carbocycles. The predicted molar refractivity (Wildman–Crippen MR) is 130 cm³/mol. The Labute approximate surface area is 212 Å². The van der Waals surface area contributed by atoms with E-state index in [0.717, 1.165) is 23.1 Å². The maximum atomic E-state index is 13.2. The number of carbonyl (C=O) groups excluding carboxylic acids is 1. The lowest BCUT2D eigenvalue weighted by Gasteiger charge is -2.38. The van der Waals surface area contributed by atoms with Gasteiger partial charge in [0, 0.05) is 29.5 Å². The molecule has 5 rings (SSSR count). The van der Waals surface area contributed by atoms with Gasteiger partial charge in [-0.1, -0.05) is 24.3 Å². The van der Waals surface area contributed by atoms with Crippen molar-refractivity contribution in [1.82, 2.24) is 20.2 Å². The molecule has 0 spiro atoms. The third kappa shape index (κ3) is 5.03. The number of alkyl halides is 2. The van der Waals surface area contributed by atoms with Crippen molar-refractivity contribution in [2.45, 2.75) is 64.3 Å². The Morgan fingerprint density at radius 1 is 1.14 bits per heavy atom.